The average Bonchev–Trinajstić information content (AvgIpc) is 2.85. The van der Waals surface area contributed by atoms with Crippen LogP contribution < -0.4 is 15.4 Å². The lowest BCUT2D eigenvalue weighted by Gasteiger charge is -2.36. The van der Waals surface area contributed by atoms with E-state index in [1.165, 1.54) is 6.08 Å². The summed E-state index contributed by atoms with van der Waals surface area (Å²) in [5.41, 5.74) is 1.88. The molecule has 1 unspecified atom stereocenters. The van der Waals surface area contributed by atoms with E-state index >= 15 is 0 Å². The molecule has 1 atom stereocenters. The maximum Gasteiger partial charge on any atom is 0.308 e. The summed E-state index contributed by atoms with van der Waals surface area (Å²) in [5, 5.41) is 5.43. The van der Waals surface area contributed by atoms with Crippen LogP contribution in [0.1, 0.15) is 24.5 Å². The SMILES string of the molecule is CCOc1ccc(/C=C/C(=O)NC(=S)N2CCNC(=O)C2CC(=O)OCCc2ccccc2)cc1. The van der Waals surface area contributed by atoms with Crippen LogP contribution in [0.25, 0.3) is 6.08 Å². The van der Waals surface area contributed by atoms with Crippen molar-refractivity contribution in [2.75, 3.05) is 26.3 Å². The zero-order chi connectivity index (χ0) is 25.0. The van der Waals surface area contributed by atoms with Gasteiger partial charge in [0.05, 0.1) is 19.6 Å². The highest BCUT2D eigenvalue weighted by atomic mass is 32.1. The van der Waals surface area contributed by atoms with E-state index in [9.17, 15) is 14.4 Å². The van der Waals surface area contributed by atoms with Gasteiger partial charge in [-0.1, -0.05) is 42.5 Å². The van der Waals surface area contributed by atoms with Crippen LogP contribution in [-0.2, 0) is 25.5 Å². The molecule has 1 aliphatic rings. The summed E-state index contributed by atoms with van der Waals surface area (Å²) in [4.78, 5) is 38.8. The summed E-state index contributed by atoms with van der Waals surface area (Å²) in [6.45, 7) is 3.43. The predicted molar refractivity (Wildman–Crippen MR) is 137 cm³/mol. The van der Waals surface area contributed by atoms with Gasteiger partial charge in [0.15, 0.2) is 5.11 Å². The van der Waals surface area contributed by atoms with Crippen LogP contribution in [0.15, 0.2) is 60.7 Å². The zero-order valence-corrected chi connectivity index (χ0v) is 20.4. The van der Waals surface area contributed by atoms with Crippen molar-refractivity contribution in [3.8, 4) is 5.75 Å². The fraction of sp³-hybridized carbons (Fsp3) is 0.308. The van der Waals surface area contributed by atoms with Gasteiger partial charge in [0.25, 0.3) is 0 Å². The largest absolute Gasteiger partial charge is 0.494 e. The number of hydrogen-bond acceptors (Lipinski definition) is 6. The number of nitrogens with one attached hydrogen (secondary N) is 2. The van der Waals surface area contributed by atoms with Gasteiger partial charge in [-0.2, -0.15) is 0 Å². The third kappa shape index (κ3) is 8.22. The van der Waals surface area contributed by atoms with Gasteiger partial charge in [0.1, 0.15) is 11.8 Å². The molecular weight excluding hydrogens is 466 g/mol. The first-order valence-corrected chi connectivity index (χ1v) is 11.9. The summed E-state index contributed by atoms with van der Waals surface area (Å²) in [6.07, 6.45) is 3.43. The molecule has 0 saturated carbocycles. The number of benzene rings is 2. The smallest absolute Gasteiger partial charge is 0.308 e. The number of ether oxygens (including phenoxy) is 2. The van der Waals surface area contributed by atoms with Gasteiger partial charge in [0, 0.05) is 25.6 Å². The lowest BCUT2D eigenvalue weighted by Crippen LogP contribution is -2.60. The third-order valence-corrected chi connectivity index (χ3v) is 5.63. The van der Waals surface area contributed by atoms with Gasteiger partial charge in [-0.3, -0.25) is 19.7 Å². The molecule has 2 aromatic rings. The highest BCUT2D eigenvalue weighted by molar-refractivity contribution is 7.80. The number of esters is 1. The molecule has 2 N–H and O–H groups in total. The minimum absolute atomic E-state index is 0.0864. The fourth-order valence-corrected chi connectivity index (χ4v) is 3.86. The lowest BCUT2D eigenvalue weighted by atomic mass is 10.1. The molecule has 0 bridgehead atoms. The molecule has 2 aromatic carbocycles. The quantitative estimate of drug-likeness (QED) is 0.313. The first-order chi connectivity index (χ1) is 17.0. The fourth-order valence-electron chi connectivity index (χ4n) is 3.54. The van der Waals surface area contributed by atoms with E-state index in [2.05, 4.69) is 10.6 Å². The zero-order valence-electron chi connectivity index (χ0n) is 19.6. The summed E-state index contributed by atoms with van der Waals surface area (Å²) in [5.74, 6) is -0.516. The van der Waals surface area contributed by atoms with Crippen molar-refractivity contribution in [2.45, 2.75) is 25.8 Å². The Balaban J connectivity index is 1.51. The maximum atomic E-state index is 12.5. The van der Waals surface area contributed by atoms with Crippen molar-refractivity contribution in [3.05, 3.63) is 71.8 Å². The number of carbonyl (C=O) groups is 3. The number of thiocarbonyl (C=S) groups is 1. The second-order valence-corrected chi connectivity index (χ2v) is 8.18. The second kappa shape index (κ2) is 13.2. The molecule has 35 heavy (non-hydrogen) atoms. The molecule has 184 valence electrons. The molecule has 2 amide bonds. The minimum atomic E-state index is -0.851. The molecule has 1 saturated heterocycles. The van der Waals surface area contributed by atoms with Crippen LogP contribution >= 0.6 is 12.2 Å². The highest BCUT2D eigenvalue weighted by Gasteiger charge is 2.34. The first kappa shape index (κ1) is 25.9. The molecule has 0 aromatic heterocycles. The van der Waals surface area contributed by atoms with E-state index in [0.29, 0.717) is 26.1 Å². The molecule has 3 rings (SSSR count). The van der Waals surface area contributed by atoms with E-state index in [1.54, 1.807) is 11.0 Å². The average molecular weight is 496 g/mol. The van der Waals surface area contributed by atoms with E-state index < -0.39 is 17.9 Å². The van der Waals surface area contributed by atoms with Crippen LogP contribution in [0, 0.1) is 0 Å². The number of hydrogen-bond donors (Lipinski definition) is 2. The number of amides is 2. The normalized spacial score (nSPS) is 15.4. The summed E-state index contributed by atoms with van der Waals surface area (Å²) >= 11 is 5.37. The van der Waals surface area contributed by atoms with Gasteiger partial charge in [0.2, 0.25) is 11.8 Å². The van der Waals surface area contributed by atoms with Crippen molar-refractivity contribution in [1.82, 2.24) is 15.5 Å². The Morgan fingerprint density at radius 3 is 2.63 bits per heavy atom. The molecule has 9 heteroatoms. The van der Waals surface area contributed by atoms with Crippen molar-refractivity contribution in [2.24, 2.45) is 0 Å². The number of rotatable bonds is 9. The highest BCUT2D eigenvalue weighted by Crippen LogP contribution is 2.14. The van der Waals surface area contributed by atoms with Gasteiger partial charge in [-0.15, -0.1) is 0 Å². The Labute approximate surface area is 210 Å². The van der Waals surface area contributed by atoms with Crippen LogP contribution in [-0.4, -0.2) is 60.1 Å². The van der Waals surface area contributed by atoms with E-state index in [1.807, 2.05) is 61.5 Å². The van der Waals surface area contributed by atoms with Crippen LogP contribution in [0.4, 0.5) is 0 Å². The molecule has 0 aliphatic carbocycles. The Morgan fingerprint density at radius 1 is 1.17 bits per heavy atom. The van der Waals surface area contributed by atoms with Gasteiger partial charge in [-0.05, 0) is 48.5 Å². The van der Waals surface area contributed by atoms with E-state index in [4.69, 9.17) is 21.7 Å². The summed E-state index contributed by atoms with van der Waals surface area (Å²) in [7, 11) is 0. The predicted octanol–water partition coefficient (Wildman–Crippen LogP) is 2.48. The summed E-state index contributed by atoms with van der Waals surface area (Å²) in [6, 6.07) is 16.1. The topological polar surface area (TPSA) is 97.0 Å². The number of carbonyl (C=O) groups excluding carboxylic acids is 3. The third-order valence-electron chi connectivity index (χ3n) is 5.30. The Kier molecular flexibility index (Phi) is 9.80. The Hall–Kier alpha value is -3.72. The molecule has 1 heterocycles. The van der Waals surface area contributed by atoms with E-state index in [0.717, 1.165) is 16.9 Å². The molecule has 1 aliphatic heterocycles. The van der Waals surface area contributed by atoms with Crippen LogP contribution in [0.5, 0.6) is 5.75 Å². The van der Waals surface area contributed by atoms with Crippen molar-refractivity contribution >= 4 is 41.2 Å². The minimum Gasteiger partial charge on any atom is -0.494 e. The van der Waals surface area contributed by atoms with Crippen molar-refractivity contribution < 1.29 is 23.9 Å². The standard InChI is InChI=1S/C26H29N3O5S/c1-2-33-21-11-8-20(9-12-21)10-13-23(30)28-26(35)29-16-15-27-25(32)22(29)18-24(31)34-17-14-19-6-4-3-5-7-19/h3-13,22H,2,14-18H2,1H3,(H,27,32)(H,28,30,35)/b13-10+. The maximum absolute atomic E-state index is 12.5. The molecule has 8 nitrogen and oxygen atoms in total. The second-order valence-electron chi connectivity index (χ2n) is 7.79. The Bertz CT molecular complexity index is 1060. The van der Waals surface area contributed by atoms with Gasteiger partial charge in [-0.25, -0.2) is 0 Å². The molecule has 1 fully saturated rings. The van der Waals surface area contributed by atoms with Gasteiger partial charge < -0.3 is 19.7 Å². The molecule has 0 spiro atoms. The molecular formula is C26H29N3O5S. The van der Waals surface area contributed by atoms with Crippen LogP contribution in [0.3, 0.4) is 0 Å². The number of nitrogens with zero attached hydrogens (tertiary/aromatic N) is 1. The summed E-state index contributed by atoms with van der Waals surface area (Å²) < 4.78 is 10.7. The first-order valence-electron chi connectivity index (χ1n) is 11.5. The van der Waals surface area contributed by atoms with Crippen LogP contribution in [0.2, 0.25) is 0 Å². The monoisotopic (exact) mass is 495 g/mol. The molecule has 0 radical (unpaired) electrons. The van der Waals surface area contributed by atoms with Crippen molar-refractivity contribution in [1.29, 1.82) is 0 Å². The van der Waals surface area contributed by atoms with Crippen molar-refractivity contribution in [3.63, 3.8) is 0 Å². The number of piperazine rings is 1. The lowest BCUT2D eigenvalue weighted by molar-refractivity contribution is -0.147. The Morgan fingerprint density at radius 2 is 1.91 bits per heavy atom. The van der Waals surface area contributed by atoms with E-state index in [-0.39, 0.29) is 24.0 Å². The van der Waals surface area contributed by atoms with Gasteiger partial charge >= 0.3 is 5.97 Å².